The molecule has 1 aliphatic carbocycles. The van der Waals surface area contributed by atoms with Crippen LogP contribution >= 0.6 is 0 Å². The smallest absolute Gasteiger partial charge is 0.135 e. The first-order valence-corrected chi connectivity index (χ1v) is 17.5. The van der Waals surface area contributed by atoms with Gasteiger partial charge in [-0.25, -0.2) is 0 Å². The fourth-order valence-electron chi connectivity index (χ4n) is 8.87. The van der Waals surface area contributed by atoms with Gasteiger partial charge in [0.15, 0.2) is 0 Å². The number of benzene rings is 8. The van der Waals surface area contributed by atoms with Crippen LogP contribution in [0.2, 0.25) is 0 Å². The van der Waals surface area contributed by atoms with Crippen molar-refractivity contribution in [2.45, 2.75) is 0 Å². The van der Waals surface area contributed by atoms with Gasteiger partial charge >= 0.3 is 0 Å². The summed E-state index contributed by atoms with van der Waals surface area (Å²) in [5.74, 6) is 0. The monoisotopic (exact) mass is 648 g/mol. The van der Waals surface area contributed by atoms with Gasteiger partial charge in [-0.1, -0.05) is 109 Å². The summed E-state index contributed by atoms with van der Waals surface area (Å²) in [6.45, 7) is 0. The molecule has 0 aliphatic heterocycles. The highest BCUT2D eigenvalue weighted by Gasteiger charge is 2.30. The molecule has 3 heterocycles. The third kappa shape index (κ3) is 3.62. The van der Waals surface area contributed by atoms with Gasteiger partial charge in [-0.2, -0.15) is 0 Å². The normalized spacial score (nSPS) is 12.3. The Bertz CT molecular complexity index is 3240. The van der Waals surface area contributed by atoms with Crippen molar-refractivity contribution in [3.63, 3.8) is 0 Å². The lowest BCUT2D eigenvalue weighted by Gasteiger charge is -2.12. The van der Waals surface area contributed by atoms with Crippen LogP contribution in [0, 0.1) is 0 Å². The van der Waals surface area contributed by atoms with Crippen molar-refractivity contribution >= 4 is 65.4 Å². The zero-order valence-electron chi connectivity index (χ0n) is 27.5. The van der Waals surface area contributed by atoms with E-state index in [0.29, 0.717) is 0 Å². The molecule has 0 N–H and O–H groups in total. The molecule has 0 unspecified atom stereocenters. The van der Waals surface area contributed by atoms with Crippen molar-refractivity contribution in [2.24, 2.45) is 0 Å². The van der Waals surface area contributed by atoms with E-state index in [1.807, 2.05) is 12.1 Å². The Hall–Kier alpha value is -6.84. The Morgan fingerprint density at radius 3 is 1.98 bits per heavy atom. The van der Waals surface area contributed by atoms with Gasteiger partial charge < -0.3 is 13.6 Å². The molecule has 0 radical (unpaired) electrons. The van der Waals surface area contributed by atoms with E-state index >= 15 is 0 Å². The molecule has 8 aromatic carbocycles. The molecule has 236 valence electrons. The molecular weight excluding hydrogens is 621 g/mol. The van der Waals surface area contributed by atoms with Gasteiger partial charge in [0.25, 0.3) is 0 Å². The molecule has 1 aliphatic rings. The van der Waals surface area contributed by atoms with Gasteiger partial charge in [0, 0.05) is 49.4 Å². The minimum Gasteiger partial charge on any atom is -0.456 e. The first kappa shape index (κ1) is 27.0. The SMILES string of the molecule is c1ccc(-n2c3ccccc3c3ccc(-c4ccc5c(c4)c4c(n5-c5ccc6oc7ccccc7c6c5)-c5cccc6cccc-4c56)cc32)cc1. The second-order valence-electron chi connectivity index (χ2n) is 13.7. The number of fused-ring (bicyclic) bond motifs is 11. The second-order valence-corrected chi connectivity index (χ2v) is 13.7. The summed E-state index contributed by atoms with van der Waals surface area (Å²) in [4.78, 5) is 0. The number of para-hydroxylation sites is 3. The third-order valence-electron chi connectivity index (χ3n) is 11.0. The second kappa shape index (κ2) is 9.87. The molecule has 0 atom stereocenters. The van der Waals surface area contributed by atoms with E-state index in [1.165, 1.54) is 82.7 Å². The van der Waals surface area contributed by atoms with Gasteiger partial charge in [0.05, 0.1) is 22.2 Å². The fraction of sp³-hybridized carbons (Fsp3) is 0. The summed E-state index contributed by atoms with van der Waals surface area (Å²) in [6.07, 6.45) is 0. The highest BCUT2D eigenvalue weighted by Crippen LogP contribution is 2.53. The average Bonchev–Trinajstić information content (AvgIpc) is 3.92. The van der Waals surface area contributed by atoms with Crippen LogP contribution in [-0.2, 0) is 0 Å². The van der Waals surface area contributed by atoms with Crippen molar-refractivity contribution in [2.75, 3.05) is 0 Å². The highest BCUT2D eigenvalue weighted by atomic mass is 16.3. The van der Waals surface area contributed by atoms with E-state index < -0.39 is 0 Å². The summed E-state index contributed by atoms with van der Waals surface area (Å²) < 4.78 is 11.1. The van der Waals surface area contributed by atoms with Gasteiger partial charge in [-0.3, -0.25) is 0 Å². The zero-order chi connectivity index (χ0) is 33.2. The lowest BCUT2D eigenvalue weighted by atomic mass is 9.98. The average molecular weight is 649 g/mol. The summed E-state index contributed by atoms with van der Waals surface area (Å²) in [5.41, 5.74) is 15.3. The van der Waals surface area contributed by atoms with Crippen molar-refractivity contribution in [1.29, 1.82) is 0 Å². The Balaban J connectivity index is 1.13. The number of hydrogen-bond acceptors (Lipinski definition) is 1. The van der Waals surface area contributed by atoms with Crippen LogP contribution in [0.5, 0.6) is 0 Å². The molecule has 0 fully saturated rings. The van der Waals surface area contributed by atoms with Gasteiger partial charge in [0.2, 0.25) is 0 Å². The van der Waals surface area contributed by atoms with E-state index in [-0.39, 0.29) is 0 Å². The zero-order valence-corrected chi connectivity index (χ0v) is 27.5. The molecule has 3 nitrogen and oxygen atoms in total. The Kier molecular flexibility index (Phi) is 5.23. The standard InChI is InChI=1S/C48H28N2O/c1-2-12-32(13-3-1)49-41-18-6-4-14-34(41)35-23-20-31(27-43(35)49)30-21-24-42-40(26-30)47-37-16-8-10-29-11-9-17-38(46(29)37)48(47)50(42)33-22-25-45-39(28-33)36-15-5-7-19-44(36)51-45/h1-28H. The topological polar surface area (TPSA) is 23.0 Å². The molecule has 3 heteroatoms. The Morgan fingerprint density at radius 2 is 1.08 bits per heavy atom. The minimum absolute atomic E-state index is 0.907. The maximum atomic E-state index is 6.24. The van der Waals surface area contributed by atoms with Crippen molar-refractivity contribution < 1.29 is 4.42 Å². The number of rotatable bonds is 3. The van der Waals surface area contributed by atoms with Gasteiger partial charge in [-0.05, 0) is 88.1 Å². The first-order chi connectivity index (χ1) is 25.3. The molecule has 0 amide bonds. The molecule has 51 heavy (non-hydrogen) atoms. The predicted molar refractivity (Wildman–Crippen MR) is 212 cm³/mol. The molecular formula is C48H28N2O. The number of nitrogens with zero attached hydrogens (tertiary/aromatic N) is 2. The lowest BCUT2D eigenvalue weighted by molar-refractivity contribution is 0.669. The molecule has 12 rings (SSSR count). The summed E-state index contributed by atoms with van der Waals surface area (Å²) in [7, 11) is 0. The number of aromatic nitrogens is 2. The van der Waals surface area contributed by atoms with Crippen LogP contribution < -0.4 is 0 Å². The number of furan rings is 1. The van der Waals surface area contributed by atoms with Crippen LogP contribution in [0.25, 0.3) is 110 Å². The van der Waals surface area contributed by atoms with E-state index in [9.17, 15) is 0 Å². The molecule has 0 saturated carbocycles. The maximum absolute atomic E-state index is 6.24. The van der Waals surface area contributed by atoms with Gasteiger partial charge in [-0.15, -0.1) is 0 Å². The van der Waals surface area contributed by atoms with Crippen molar-refractivity contribution in [3.05, 3.63) is 170 Å². The largest absolute Gasteiger partial charge is 0.456 e. The predicted octanol–water partition coefficient (Wildman–Crippen LogP) is 13.1. The van der Waals surface area contributed by atoms with E-state index in [4.69, 9.17) is 4.42 Å². The molecule has 11 aromatic rings. The van der Waals surface area contributed by atoms with Crippen LogP contribution in [0.4, 0.5) is 0 Å². The number of hydrogen-bond donors (Lipinski definition) is 0. The Morgan fingerprint density at radius 1 is 0.373 bits per heavy atom. The van der Waals surface area contributed by atoms with Crippen LogP contribution in [0.1, 0.15) is 0 Å². The third-order valence-corrected chi connectivity index (χ3v) is 11.0. The molecule has 0 spiro atoms. The van der Waals surface area contributed by atoms with E-state index in [2.05, 4.69) is 167 Å². The lowest BCUT2D eigenvalue weighted by Crippen LogP contribution is -1.96. The van der Waals surface area contributed by atoms with Crippen LogP contribution in [0.3, 0.4) is 0 Å². The summed E-state index contributed by atoms with van der Waals surface area (Å²) >= 11 is 0. The molecule has 0 saturated heterocycles. The van der Waals surface area contributed by atoms with Crippen molar-refractivity contribution in [1.82, 2.24) is 9.13 Å². The highest BCUT2D eigenvalue weighted by molar-refractivity contribution is 6.22. The van der Waals surface area contributed by atoms with E-state index in [1.54, 1.807) is 0 Å². The van der Waals surface area contributed by atoms with Gasteiger partial charge in [0.1, 0.15) is 11.2 Å². The maximum Gasteiger partial charge on any atom is 0.135 e. The quantitative estimate of drug-likeness (QED) is 0.187. The van der Waals surface area contributed by atoms with Crippen LogP contribution in [0.15, 0.2) is 174 Å². The molecule has 0 bridgehead atoms. The minimum atomic E-state index is 0.907. The fourth-order valence-corrected chi connectivity index (χ4v) is 8.87. The van der Waals surface area contributed by atoms with Crippen LogP contribution in [-0.4, -0.2) is 9.13 Å². The first-order valence-electron chi connectivity index (χ1n) is 17.5. The van der Waals surface area contributed by atoms with Crippen molar-refractivity contribution in [3.8, 4) is 44.9 Å². The summed E-state index contributed by atoms with van der Waals surface area (Å²) in [6, 6.07) is 61.8. The summed E-state index contributed by atoms with van der Waals surface area (Å²) in [5, 5.41) is 8.65. The Labute approximate surface area is 292 Å². The molecule has 3 aromatic heterocycles. The van der Waals surface area contributed by atoms with E-state index in [0.717, 1.165) is 27.6 Å².